The molecule has 0 amide bonds. The monoisotopic (exact) mass is 556 g/mol. The van der Waals surface area contributed by atoms with Gasteiger partial charge in [-0.3, -0.25) is 15.1 Å². The van der Waals surface area contributed by atoms with Crippen molar-refractivity contribution in [1.29, 1.82) is 5.41 Å². The lowest BCUT2D eigenvalue weighted by Gasteiger charge is -2.45. The van der Waals surface area contributed by atoms with Crippen LogP contribution in [0.25, 0.3) is 5.76 Å². The molecular weight excluding hydrogens is 524 g/mol. The van der Waals surface area contributed by atoms with Gasteiger partial charge in [0.1, 0.15) is 23.1 Å². The van der Waals surface area contributed by atoms with Crippen molar-refractivity contribution in [2.45, 2.75) is 39.5 Å². The smallest absolute Gasteiger partial charge is 0.162 e. The van der Waals surface area contributed by atoms with Crippen LogP contribution in [0.15, 0.2) is 83.6 Å². The minimum absolute atomic E-state index is 0.0322. The van der Waals surface area contributed by atoms with Gasteiger partial charge in [-0.25, -0.2) is 0 Å². The maximum atomic E-state index is 14.1. The summed E-state index contributed by atoms with van der Waals surface area (Å²) in [5.74, 6) is 0.324. The van der Waals surface area contributed by atoms with E-state index in [1.54, 1.807) is 43.4 Å². The molecule has 0 aromatic heterocycles. The van der Waals surface area contributed by atoms with E-state index in [2.05, 4.69) is 13.8 Å². The van der Waals surface area contributed by atoms with E-state index in [0.29, 0.717) is 57.3 Å². The van der Waals surface area contributed by atoms with Gasteiger partial charge in [0.25, 0.3) is 0 Å². The molecule has 1 aliphatic heterocycles. The number of ether oxygens (including phenoxy) is 2. The summed E-state index contributed by atoms with van der Waals surface area (Å²) in [5, 5.41) is 22.0. The molecule has 0 saturated carbocycles. The molecular formula is C33H33ClN2O4. The van der Waals surface area contributed by atoms with Crippen LogP contribution in [0.2, 0.25) is 5.02 Å². The number of allylic oxidation sites excluding steroid dienone is 2. The third-order valence-corrected chi connectivity index (χ3v) is 8.09. The zero-order valence-electron chi connectivity index (χ0n) is 23.3. The Kier molecular flexibility index (Phi) is 7.23. The number of nitrogens with zero attached hydrogens (tertiary/aromatic N) is 1. The van der Waals surface area contributed by atoms with Crippen molar-refractivity contribution in [2.75, 3.05) is 19.1 Å². The van der Waals surface area contributed by atoms with E-state index in [9.17, 15) is 15.3 Å². The number of hydrogen-bond donors (Lipinski definition) is 2. The Bertz CT molecular complexity index is 1570. The topological polar surface area (TPSA) is 82.8 Å². The molecule has 3 aromatic carbocycles. The van der Waals surface area contributed by atoms with Crippen molar-refractivity contribution in [3.8, 4) is 11.5 Å². The lowest BCUT2D eigenvalue weighted by atomic mass is 9.67. The second-order valence-corrected chi connectivity index (χ2v) is 11.5. The summed E-state index contributed by atoms with van der Waals surface area (Å²) >= 11 is 6.56. The van der Waals surface area contributed by atoms with Gasteiger partial charge in [0.2, 0.25) is 0 Å². The van der Waals surface area contributed by atoms with E-state index < -0.39 is 5.92 Å². The van der Waals surface area contributed by atoms with Gasteiger partial charge >= 0.3 is 0 Å². The first kappa shape index (κ1) is 27.5. The molecule has 3 aromatic rings. The van der Waals surface area contributed by atoms with Gasteiger partial charge in [-0.05, 0) is 54.7 Å². The highest BCUT2D eigenvalue weighted by Crippen LogP contribution is 2.53. The van der Waals surface area contributed by atoms with Gasteiger partial charge in [-0.15, -0.1) is 0 Å². The zero-order valence-corrected chi connectivity index (χ0v) is 24.1. The average molecular weight is 557 g/mol. The Morgan fingerprint density at radius 1 is 1.02 bits per heavy atom. The van der Waals surface area contributed by atoms with Gasteiger partial charge in [-0.2, -0.15) is 0 Å². The Hall–Kier alpha value is -4.03. The summed E-state index contributed by atoms with van der Waals surface area (Å²) in [6.07, 6.45) is 0.897. The first-order valence-electron chi connectivity index (χ1n) is 13.2. The van der Waals surface area contributed by atoms with Gasteiger partial charge in [0.05, 0.1) is 20.1 Å². The maximum Gasteiger partial charge on any atom is 0.162 e. The highest BCUT2D eigenvalue weighted by atomic mass is 35.5. The second-order valence-electron chi connectivity index (χ2n) is 11.1. The summed E-state index contributed by atoms with van der Waals surface area (Å²) in [6, 6.07) is 20.1. The Balaban J connectivity index is 1.90. The molecule has 206 valence electrons. The van der Waals surface area contributed by atoms with E-state index in [0.717, 1.165) is 11.3 Å². The number of Topliss-reactive ketones (excluding diaryl/α,β-unsaturated/α-hetero) is 1. The van der Waals surface area contributed by atoms with Crippen molar-refractivity contribution in [3.05, 3.63) is 105 Å². The van der Waals surface area contributed by atoms with E-state index in [1.807, 2.05) is 49.4 Å². The van der Waals surface area contributed by atoms with E-state index in [1.165, 1.54) is 0 Å². The first-order valence-corrected chi connectivity index (χ1v) is 13.6. The van der Waals surface area contributed by atoms with Crippen LogP contribution in [0.5, 0.6) is 11.5 Å². The third-order valence-electron chi connectivity index (χ3n) is 7.69. The predicted molar refractivity (Wildman–Crippen MR) is 160 cm³/mol. The Morgan fingerprint density at radius 2 is 1.75 bits per heavy atom. The number of carbonyl (C=O) groups excluding carboxylic acids is 1. The molecule has 2 N–H and O–H groups in total. The van der Waals surface area contributed by atoms with Gasteiger partial charge in [0, 0.05) is 45.1 Å². The molecule has 5 rings (SSSR count). The second kappa shape index (κ2) is 10.5. The van der Waals surface area contributed by atoms with Crippen LogP contribution in [0.1, 0.15) is 49.3 Å². The fourth-order valence-electron chi connectivity index (χ4n) is 5.75. The molecule has 1 heterocycles. The highest BCUT2D eigenvalue weighted by Gasteiger charge is 2.47. The van der Waals surface area contributed by atoms with Crippen molar-refractivity contribution in [3.63, 3.8) is 0 Å². The van der Waals surface area contributed by atoms with Gasteiger partial charge in [-0.1, -0.05) is 61.8 Å². The zero-order chi connectivity index (χ0) is 28.8. The molecule has 0 saturated heterocycles. The van der Waals surface area contributed by atoms with Crippen LogP contribution in [0.4, 0.5) is 5.69 Å². The Morgan fingerprint density at radius 3 is 2.40 bits per heavy atom. The quantitative estimate of drug-likeness (QED) is 0.312. The lowest BCUT2D eigenvalue weighted by Crippen LogP contribution is -2.45. The van der Waals surface area contributed by atoms with Crippen LogP contribution in [-0.2, 0) is 4.79 Å². The lowest BCUT2D eigenvalue weighted by molar-refractivity contribution is -0.118. The summed E-state index contributed by atoms with van der Waals surface area (Å²) in [7, 11) is 3.15. The van der Waals surface area contributed by atoms with Crippen LogP contribution < -0.4 is 14.4 Å². The molecule has 6 nitrogen and oxygen atoms in total. The number of carbonyl (C=O) groups is 1. The minimum atomic E-state index is -0.756. The number of methoxy groups -OCH3 is 2. The van der Waals surface area contributed by atoms with Crippen LogP contribution >= 0.6 is 11.6 Å². The summed E-state index contributed by atoms with van der Waals surface area (Å²) in [6.45, 7) is 6.04. The largest absolute Gasteiger partial charge is 0.507 e. The van der Waals surface area contributed by atoms with Crippen molar-refractivity contribution in [2.24, 2.45) is 5.41 Å². The van der Waals surface area contributed by atoms with Crippen molar-refractivity contribution >= 4 is 34.7 Å². The number of rotatable bonds is 5. The number of halogens is 1. The molecule has 0 radical (unpaired) electrons. The highest BCUT2D eigenvalue weighted by molar-refractivity contribution is 6.32. The number of aliphatic hydroxyl groups excluding tert-OH is 1. The van der Waals surface area contributed by atoms with E-state index in [4.69, 9.17) is 21.1 Å². The molecule has 0 unspecified atom stereocenters. The fraction of sp³-hybridized carbons (Fsp3) is 0.273. The number of nitrogens with one attached hydrogen (secondary N) is 1. The van der Waals surface area contributed by atoms with E-state index in [-0.39, 0.29) is 22.8 Å². The first-order chi connectivity index (χ1) is 19.1. The van der Waals surface area contributed by atoms with Crippen LogP contribution in [-0.4, -0.2) is 30.9 Å². The standard InChI is InChI=1S/C33H33ClN2O4/c1-19-11-12-21(15-24(19)34)36-25-17-33(2,3)18-26(37)29(25)28(23-16-22(39-4)13-14-27(23)40-5)30(32(36)35)31(38)20-9-7-6-8-10-20/h6-16,28,35,38H,17-18H2,1-5H3/t28-/m1/s1. The number of hydrogen-bond acceptors (Lipinski definition) is 5. The molecule has 1 aliphatic carbocycles. The SMILES string of the molecule is COc1ccc(OC)c([C@H]2C(=C(O)c3ccccc3)C(=N)N(c3ccc(C)c(Cl)c3)C3=C2C(=O)CC(C)(C)C3)c1. The fourth-order valence-corrected chi connectivity index (χ4v) is 5.92. The number of aryl methyl sites for hydroxylation is 1. The number of anilines is 1. The number of amidine groups is 1. The average Bonchev–Trinajstić information content (AvgIpc) is 2.93. The number of benzene rings is 3. The summed E-state index contributed by atoms with van der Waals surface area (Å²) in [4.78, 5) is 15.9. The molecule has 0 spiro atoms. The molecule has 0 fully saturated rings. The van der Waals surface area contributed by atoms with Crippen molar-refractivity contribution in [1.82, 2.24) is 0 Å². The number of ketones is 1. The van der Waals surface area contributed by atoms with Crippen LogP contribution in [0.3, 0.4) is 0 Å². The summed E-state index contributed by atoms with van der Waals surface area (Å²) < 4.78 is 11.3. The van der Waals surface area contributed by atoms with Crippen LogP contribution in [0, 0.1) is 17.7 Å². The maximum absolute atomic E-state index is 14.1. The molecule has 2 aliphatic rings. The molecule has 40 heavy (non-hydrogen) atoms. The normalized spacial score (nSPS) is 19.9. The molecule has 0 bridgehead atoms. The van der Waals surface area contributed by atoms with Gasteiger partial charge in [0.15, 0.2) is 5.78 Å². The van der Waals surface area contributed by atoms with Gasteiger partial charge < -0.3 is 14.6 Å². The Labute approximate surface area is 240 Å². The van der Waals surface area contributed by atoms with Crippen molar-refractivity contribution < 1.29 is 19.4 Å². The minimum Gasteiger partial charge on any atom is -0.507 e. The molecule has 1 atom stereocenters. The van der Waals surface area contributed by atoms with E-state index >= 15 is 0 Å². The third kappa shape index (κ3) is 4.77. The number of aliphatic hydroxyl groups is 1. The predicted octanol–water partition coefficient (Wildman–Crippen LogP) is 7.86. The molecule has 7 heteroatoms. The summed E-state index contributed by atoms with van der Waals surface area (Å²) in [5.41, 5.74) is 4.00.